The molecule has 0 fully saturated rings. The summed E-state index contributed by atoms with van der Waals surface area (Å²) < 4.78 is 11.3. The summed E-state index contributed by atoms with van der Waals surface area (Å²) in [5.74, 6) is -0.446. The van der Waals surface area contributed by atoms with Crippen molar-refractivity contribution in [2.75, 3.05) is 13.2 Å². The fourth-order valence-electron chi connectivity index (χ4n) is 4.16. The van der Waals surface area contributed by atoms with E-state index in [4.69, 9.17) is 14.3 Å². The fraction of sp³-hybridized carbons (Fsp3) is 0.250. The Balaban J connectivity index is 1.92. The minimum atomic E-state index is -0.725. The molecule has 4 aromatic rings. The van der Waals surface area contributed by atoms with Crippen LogP contribution in [0.3, 0.4) is 0 Å². The van der Waals surface area contributed by atoms with Crippen LogP contribution in [-0.2, 0) is 12.8 Å². The van der Waals surface area contributed by atoms with Gasteiger partial charge in [-0.25, -0.2) is 0 Å². The predicted molar refractivity (Wildman–Crippen MR) is 133 cm³/mol. The van der Waals surface area contributed by atoms with Gasteiger partial charge in [-0.15, -0.1) is 0 Å². The van der Waals surface area contributed by atoms with Gasteiger partial charge in [-0.2, -0.15) is 0 Å². The fourth-order valence-corrected chi connectivity index (χ4v) is 4.16. The first-order valence-electron chi connectivity index (χ1n) is 11.4. The number of aromatic hydroxyl groups is 3. The third-order valence-corrected chi connectivity index (χ3v) is 5.66. The maximum atomic E-state index is 13.1. The number of hydrogen-bond acceptors (Lipinski definition) is 7. The third-order valence-electron chi connectivity index (χ3n) is 5.66. The Morgan fingerprint density at radius 3 is 2.34 bits per heavy atom. The number of fused-ring (bicyclic) bond motifs is 1. The number of aliphatic hydroxyl groups excluding tert-OH is 1. The molecule has 3 aromatic carbocycles. The molecule has 0 amide bonds. The van der Waals surface area contributed by atoms with Gasteiger partial charge in [0.2, 0.25) is 11.2 Å². The van der Waals surface area contributed by atoms with E-state index in [0.717, 1.165) is 5.56 Å². The summed E-state index contributed by atoms with van der Waals surface area (Å²) in [6, 6.07) is 15.6. The molecule has 1 aromatic heterocycles. The molecule has 0 atom stereocenters. The van der Waals surface area contributed by atoms with Crippen LogP contribution >= 0.6 is 0 Å². The number of benzene rings is 3. The highest BCUT2D eigenvalue weighted by Gasteiger charge is 2.22. The maximum absolute atomic E-state index is 13.1. The summed E-state index contributed by atoms with van der Waals surface area (Å²) in [6.07, 6.45) is 1.03. The second-order valence-corrected chi connectivity index (χ2v) is 8.90. The summed E-state index contributed by atoms with van der Waals surface area (Å²) in [4.78, 5) is 13.1. The van der Waals surface area contributed by atoms with Gasteiger partial charge in [-0.05, 0) is 41.2 Å². The number of rotatable bonds is 8. The van der Waals surface area contributed by atoms with Gasteiger partial charge in [-0.3, -0.25) is 4.79 Å². The molecule has 7 heteroatoms. The molecular formula is C28H28O7. The minimum absolute atomic E-state index is 0.000574. The second kappa shape index (κ2) is 10.1. The van der Waals surface area contributed by atoms with Crippen molar-refractivity contribution in [1.82, 2.24) is 0 Å². The Hall–Kier alpha value is -3.97. The van der Waals surface area contributed by atoms with Crippen LogP contribution < -0.4 is 10.2 Å². The van der Waals surface area contributed by atoms with E-state index in [1.165, 1.54) is 12.1 Å². The van der Waals surface area contributed by atoms with Crippen LogP contribution in [0.4, 0.5) is 0 Å². The van der Waals surface area contributed by atoms with Crippen molar-refractivity contribution in [2.24, 2.45) is 5.92 Å². The molecule has 35 heavy (non-hydrogen) atoms. The number of phenolic OH excluding ortho intramolecular Hbond substituents is 2. The van der Waals surface area contributed by atoms with Crippen molar-refractivity contribution >= 4 is 11.0 Å². The molecule has 1 heterocycles. The van der Waals surface area contributed by atoms with Crippen molar-refractivity contribution in [3.63, 3.8) is 0 Å². The number of hydrogen-bond donors (Lipinski definition) is 4. The SMILES string of the molecule is CC(C)Cc1cc(-c2oc3cc(O)cc(OCCO)c3c(=O)c2O)cc(Cc2ccccc2)c1O. The van der Waals surface area contributed by atoms with Gasteiger partial charge in [0, 0.05) is 24.1 Å². The highest BCUT2D eigenvalue weighted by molar-refractivity contribution is 5.88. The first-order valence-corrected chi connectivity index (χ1v) is 11.4. The lowest BCUT2D eigenvalue weighted by molar-refractivity contribution is 0.202. The monoisotopic (exact) mass is 476 g/mol. The molecule has 0 aliphatic rings. The highest BCUT2D eigenvalue weighted by atomic mass is 16.5. The zero-order chi connectivity index (χ0) is 25.1. The zero-order valence-electron chi connectivity index (χ0n) is 19.6. The first-order chi connectivity index (χ1) is 16.8. The molecule has 0 saturated heterocycles. The Morgan fingerprint density at radius 1 is 0.943 bits per heavy atom. The van der Waals surface area contributed by atoms with E-state index in [1.54, 1.807) is 12.1 Å². The summed E-state index contributed by atoms with van der Waals surface area (Å²) in [7, 11) is 0. The van der Waals surface area contributed by atoms with Gasteiger partial charge in [0.25, 0.3) is 0 Å². The molecule has 0 bridgehead atoms. The van der Waals surface area contributed by atoms with E-state index in [9.17, 15) is 20.1 Å². The topological polar surface area (TPSA) is 120 Å². The molecule has 0 aliphatic heterocycles. The van der Waals surface area contributed by atoms with Crippen LogP contribution in [-0.4, -0.2) is 33.6 Å². The Morgan fingerprint density at radius 2 is 1.66 bits per heavy atom. The molecule has 4 N–H and O–H groups in total. The maximum Gasteiger partial charge on any atom is 0.238 e. The molecule has 7 nitrogen and oxygen atoms in total. The van der Waals surface area contributed by atoms with Crippen LogP contribution in [0.15, 0.2) is 63.8 Å². The predicted octanol–water partition coefficient (Wildman–Crippen LogP) is 4.74. The molecule has 0 aliphatic carbocycles. The van der Waals surface area contributed by atoms with Crippen molar-refractivity contribution in [2.45, 2.75) is 26.7 Å². The normalized spacial score (nSPS) is 11.3. The van der Waals surface area contributed by atoms with E-state index in [-0.39, 0.29) is 53.1 Å². The Labute approximate surface area is 202 Å². The summed E-state index contributed by atoms with van der Waals surface area (Å²) in [5.41, 5.74) is 2.04. The molecule has 4 rings (SSSR count). The van der Waals surface area contributed by atoms with E-state index in [0.29, 0.717) is 29.5 Å². The average Bonchev–Trinajstić information content (AvgIpc) is 2.82. The van der Waals surface area contributed by atoms with Gasteiger partial charge in [0.05, 0.1) is 6.61 Å². The number of ether oxygens (including phenoxy) is 1. The summed E-state index contributed by atoms with van der Waals surface area (Å²) in [5, 5.41) is 41.0. The summed E-state index contributed by atoms with van der Waals surface area (Å²) in [6.45, 7) is 3.68. The van der Waals surface area contributed by atoms with Crippen LogP contribution in [0.5, 0.6) is 23.0 Å². The van der Waals surface area contributed by atoms with Gasteiger partial charge in [0.15, 0.2) is 5.76 Å². The van der Waals surface area contributed by atoms with Crippen LogP contribution in [0, 0.1) is 5.92 Å². The van der Waals surface area contributed by atoms with Gasteiger partial charge in [0.1, 0.15) is 34.8 Å². The van der Waals surface area contributed by atoms with Crippen molar-refractivity contribution in [3.05, 3.63) is 81.5 Å². The van der Waals surface area contributed by atoms with Crippen LogP contribution in [0.2, 0.25) is 0 Å². The average molecular weight is 477 g/mol. The molecule has 0 saturated carbocycles. The van der Waals surface area contributed by atoms with Gasteiger partial charge < -0.3 is 29.6 Å². The Kier molecular flexibility index (Phi) is 6.98. The Bertz CT molecular complexity index is 1400. The zero-order valence-corrected chi connectivity index (χ0v) is 19.6. The standard InChI is InChI=1S/C28H28O7/c1-16(2)10-18-12-20(13-19(25(18)31)11-17-6-4-3-5-7-17)28-27(33)26(32)24-22(34-9-8-29)14-21(30)15-23(24)35-28/h3-7,12-16,29-31,33H,8-11H2,1-2H3. The van der Waals surface area contributed by atoms with E-state index in [1.807, 2.05) is 44.2 Å². The van der Waals surface area contributed by atoms with E-state index >= 15 is 0 Å². The van der Waals surface area contributed by atoms with Crippen molar-refractivity contribution in [3.8, 4) is 34.3 Å². The lowest BCUT2D eigenvalue weighted by Gasteiger charge is -2.16. The summed E-state index contributed by atoms with van der Waals surface area (Å²) >= 11 is 0. The number of aliphatic hydroxyl groups is 1. The lowest BCUT2D eigenvalue weighted by Crippen LogP contribution is -2.08. The molecular weight excluding hydrogens is 448 g/mol. The first kappa shape index (κ1) is 24.2. The lowest BCUT2D eigenvalue weighted by atomic mass is 9.93. The van der Waals surface area contributed by atoms with Crippen molar-refractivity contribution in [1.29, 1.82) is 0 Å². The molecule has 0 radical (unpaired) electrons. The second-order valence-electron chi connectivity index (χ2n) is 8.90. The van der Waals surface area contributed by atoms with Gasteiger partial charge in [-0.1, -0.05) is 44.2 Å². The highest BCUT2D eigenvalue weighted by Crippen LogP contribution is 2.39. The van der Waals surface area contributed by atoms with Gasteiger partial charge >= 0.3 is 0 Å². The van der Waals surface area contributed by atoms with E-state index < -0.39 is 11.2 Å². The van der Waals surface area contributed by atoms with Crippen LogP contribution in [0.25, 0.3) is 22.3 Å². The minimum Gasteiger partial charge on any atom is -0.508 e. The quantitative estimate of drug-likeness (QED) is 0.290. The molecule has 0 unspecified atom stereocenters. The molecule has 0 spiro atoms. The number of phenols is 2. The largest absolute Gasteiger partial charge is 0.508 e. The van der Waals surface area contributed by atoms with Crippen molar-refractivity contribution < 1.29 is 29.6 Å². The smallest absolute Gasteiger partial charge is 0.238 e. The van der Waals surface area contributed by atoms with E-state index in [2.05, 4.69) is 0 Å². The van der Waals surface area contributed by atoms with Crippen LogP contribution in [0.1, 0.15) is 30.5 Å². The molecule has 182 valence electrons. The third kappa shape index (κ3) is 5.10.